The molecular formula is C37H68O5. The number of carbonyl (C=O) groups excluding carboxylic acids is 2. The van der Waals surface area contributed by atoms with E-state index in [9.17, 15) is 9.59 Å². The number of ether oxygens (including phenoxy) is 3. The molecule has 1 aliphatic carbocycles. The van der Waals surface area contributed by atoms with E-state index in [2.05, 4.69) is 96.9 Å². The second kappa shape index (κ2) is 13.5. The molecule has 0 radical (unpaired) electrons. The van der Waals surface area contributed by atoms with Gasteiger partial charge in [-0.15, -0.1) is 0 Å². The number of hydrogen-bond acceptors (Lipinski definition) is 5. The molecule has 2 aliphatic rings. The highest BCUT2D eigenvalue weighted by Crippen LogP contribution is 2.50. The van der Waals surface area contributed by atoms with E-state index < -0.39 is 22.0 Å². The first-order chi connectivity index (χ1) is 19.0. The SMILES string of the molecule is CC(C)C1(OC(=O)C(CC2CCCC(C)(OC(=O)C(C)(CC(C)(C)C)C(C)C)CC2)(CC(C)(C)C)C(C)C)CCOC1. The summed E-state index contributed by atoms with van der Waals surface area (Å²) in [5.74, 6) is 0.822. The fourth-order valence-electron chi connectivity index (χ4n) is 7.67. The van der Waals surface area contributed by atoms with E-state index >= 15 is 0 Å². The van der Waals surface area contributed by atoms with E-state index in [1.807, 2.05) is 0 Å². The molecule has 42 heavy (non-hydrogen) atoms. The molecule has 2 fully saturated rings. The summed E-state index contributed by atoms with van der Waals surface area (Å²) in [6.45, 7) is 31.6. The topological polar surface area (TPSA) is 61.8 Å². The molecule has 0 amide bonds. The molecule has 0 aromatic rings. The van der Waals surface area contributed by atoms with Gasteiger partial charge in [0.2, 0.25) is 0 Å². The molecule has 0 spiro atoms. The van der Waals surface area contributed by atoms with Crippen LogP contribution in [0.3, 0.4) is 0 Å². The Morgan fingerprint density at radius 1 is 0.786 bits per heavy atom. The molecule has 0 aromatic carbocycles. The lowest BCUT2D eigenvalue weighted by molar-refractivity contribution is -0.185. The number of rotatable bonds is 11. The van der Waals surface area contributed by atoms with Gasteiger partial charge >= 0.3 is 11.9 Å². The summed E-state index contributed by atoms with van der Waals surface area (Å²) in [5.41, 5.74) is -2.10. The minimum atomic E-state index is -0.576. The lowest BCUT2D eigenvalue weighted by atomic mass is 9.62. The maximum Gasteiger partial charge on any atom is 0.313 e. The predicted octanol–water partition coefficient (Wildman–Crippen LogP) is 9.79. The van der Waals surface area contributed by atoms with Crippen molar-refractivity contribution in [1.29, 1.82) is 0 Å². The third-order valence-electron chi connectivity index (χ3n) is 10.8. The Hall–Kier alpha value is -1.10. The average molecular weight is 593 g/mol. The normalized spacial score (nSPS) is 28.8. The van der Waals surface area contributed by atoms with Crippen LogP contribution in [0.1, 0.15) is 155 Å². The van der Waals surface area contributed by atoms with Crippen LogP contribution in [0.2, 0.25) is 0 Å². The van der Waals surface area contributed by atoms with Crippen molar-refractivity contribution in [3.63, 3.8) is 0 Å². The highest BCUT2D eigenvalue weighted by atomic mass is 16.6. The number of carbonyl (C=O) groups is 2. The van der Waals surface area contributed by atoms with E-state index in [4.69, 9.17) is 14.2 Å². The van der Waals surface area contributed by atoms with Crippen LogP contribution in [0.5, 0.6) is 0 Å². The van der Waals surface area contributed by atoms with Crippen molar-refractivity contribution in [3.05, 3.63) is 0 Å². The van der Waals surface area contributed by atoms with Gasteiger partial charge in [0, 0.05) is 6.42 Å². The van der Waals surface area contributed by atoms with Gasteiger partial charge in [-0.1, -0.05) is 89.5 Å². The Balaban J connectivity index is 2.29. The largest absolute Gasteiger partial charge is 0.459 e. The summed E-state index contributed by atoms with van der Waals surface area (Å²) in [5, 5.41) is 0. The molecule has 5 heteroatoms. The maximum atomic E-state index is 14.4. The van der Waals surface area contributed by atoms with Crippen LogP contribution in [0.4, 0.5) is 0 Å². The van der Waals surface area contributed by atoms with Crippen LogP contribution in [-0.4, -0.2) is 36.4 Å². The fraction of sp³-hybridized carbons (Fsp3) is 0.946. The van der Waals surface area contributed by atoms with E-state index in [1.54, 1.807) is 0 Å². The zero-order valence-corrected chi connectivity index (χ0v) is 30.1. The number of hydrogen-bond donors (Lipinski definition) is 0. The quantitative estimate of drug-likeness (QED) is 0.176. The molecule has 5 atom stereocenters. The monoisotopic (exact) mass is 593 g/mol. The Bertz CT molecular complexity index is 900. The zero-order valence-electron chi connectivity index (χ0n) is 30.1. The molecule has 1 saturated heterocycles. The van der Waals surface area contributed by atoms with E-state index in [1.165, 1.54) is 0 Å². The van der Waals surface area contributed by atoms with E-state index in [-0.39, 0.29) is 40.5 Å². The van der Waals surface area contributed by atoms with E-state index in [0.29, 0.717) is 19.1 Å². The molecule has 5 unspecified atom stereocenters. The van der Waals surface area contributed by atoms with Gasteiger partial charge in [0.05, 0.1) is 24.0 Å². The molecule has 1 aliphatic heterocycles. The van der Waals surface area contributed by atoms with Crippen LogP contribution < -0.4 is 0 Å². The van der Waals surface area contributed by atoms with Crippen molar-refractivity contribution in [2.45, 2.75) is 166 Å². The second-order valence-electron chi connectivity index (χ2n) is 18.1. The Labute approximate surface area is 260 Å². The Morgan fingerprint density at radius 3 is 1.83 bits per heavy atom. The minimum absolute atomic E-state index is 0.0242. The van der Waals surface area contributed by atoms with Crippen molar-refractivity contribution in [3.8, 4) is 0 Å². The lowest BCUT2D eigenvalue weighted by Crippen LogP contribution is -2.49. The molecule has 2 rings (SSSR count). The summed E-state index contributed by atoms with van der Waals surface area (Å²) in [4.78, 5) is 28.2. The third-order valence-corrected chi connectivity index (χ3v) is 10.8. The summed E-state index contributed by atoms with van der Waals surface area (Å²) < 4.78 is 18.8. The predicted molar refractivity (Wildman–Crippen MR) is 173 cm³/mol. The van der Waals surface area contributed by atoms with Crippen LogP contribution in [0, 0.1) is 45.3 Å². The molecule has 0 aromatic heterocycles. The molecular weight excluding hydrogens is 524 g/mol. The van der Waals surface area contributed by atoms with Gasteiger partial charge in [-0.05, 0) is 93.3 Å². The zero-order chi connectivity index (χ0) is 32.4. The third kappa shape index (κ3) is 9.21. The van der Waals surface area contributed by atoms with Crippen LogP contribution >= 0.6 is 0 Å². The molecule has 0 N–H and O–H groups in total. The highest BCUT2D eigenvalue weighted by molar-refractivity contribution is 5.78. The summed E-state index contributed by atoms with van der Waals surface area (Å²) >= 11 is 0. The maximum absolute atomic E-state index is 14.4. The van der Waals surface area contributed by atoms with Crippen molar-refractivity contribution in [1.82, 2.24) is 0 Å². The standard InChI is InChI=1S/C37H68O5/c1-26(2)35(14,23-32(7,8)9)30(38)41-34(13)18-15-16-29(17-19-34)22-36(27(3)4,24-33(10,11)12)31(39)42-37(28(5)6)20-21-40-25-37/h26-29H,15-25H2,1-14H3. The molecule has 5 nitrogen and oxygen atoms in total. The molecule has 246 valence electrons. The molecule has 1 heterocycles. The van der Waals surface area contributed by atoms with Crippen molar-refractivity contribution in [2.24, 2.45) is 45.3 Å². The van der Waals surface area contributed by atoms with Crippen LogP contribution in [0.15, 0.2) is 0 Å². The highest BCUT2D eigenvalue weighted by Gasteiger charge is 2.52. The van der Waals surface area contributed by atoms with Gasteiger partial charge in [-0.3, -0.25) is 9.59 Å². The average Bonchev–Trinajstić information content (AvgIpc) is 3.22. The van der Waals surface area contributed by atoms with Gasteiger partial charge in [0.25, 0.3) is 0 Å². The first-order valence-electron chi connectivity index (χ1n) is 17.0. The van der Waals surface area contributed by atoms with Crippen LogP contribution in [-0.2, 0) is 23.8 Å². The smallest absolute Gasteiger partial charge is 0.313 e. The lowest BCUT2D eigenvalue weighted by Gasteiger charge is -2.45. The molecule has 1 saturated carbocycles. The van der Waals surface area contributed by atoms with Gasteiger partial charge in [-0.25, -0.2) is 0 Å². The van der Waals surface area contributed by atoms with Gasteiger partial charge in [0.1, 0.15) is 11.2 Å². The fourth-order valence-corrected chi connectivity index (χ4v) is 7.67. The van der Waals surface area contributed by atoms with Crippen LogP contribution in [0.25, 0.3) is 0 Å². The van der Waals surface area contributed by atoms with E-state index in [0.717, 1.165) is 57.8 Å². The first kappa shape index (κ1) is 37.1. The minimum Gasteiger partial charge on any atom is -0.459 e. The van der Waals surface area contributed by atoms with Gasteiger partial charge in [0.15, 0.2) is 0 Å². The molecule has 0 bridgehead atoms. The summed E-state index contributed by atoms with van der Waals surface area (Å²) in [6.07, 6.45) is 7.84. The Kier molecular flexibility index (Phi) is 11.9. The van der Waals surface area contributed by atoms with Crippen molar-refractivity contribution >= 4 is 11.9 Å². The summed E-state index contributed by atoms with van der Waals surface area (Å²) in [7, 11) is 0. The van der Waals surface area contributed by atoms with Gasteiger partial charge in [-0.2, -0.15) is 0 Å². The number of esters is 2. The summed E-state index contributed by atoms with van der Waals surface area (Å²) in [6, 6.07) is 0. The first-order valence-corrected chi connectivity index (χ1v) is 17.0. The van der Waals surface area contributed by atoms with Gasteiger partial charge < -0.3 is 14.2 Å². The second-order valence-corrected chi connectivity index (χ2v) is 18.1. The van der Waals surface area contributed by atoms with Crippen molar-refractivity contribution < 1.29 is 23.8 Å². The Morgan fingerprint density at radius 2 is 1.38 bits per heavy atom. The van der Waals surface area contributed by atoms with Crippen molar-refractivity contribution in [2.75, 3.05) is 13.2 Å².